The zero-order valence-corrected chi connectivity index (χ0v) is 24.9. The summed E-state index contributed by atoms with van der Waals surface area (Å²) in [7, 11) is 2.04. The fraction of sp³-hybridized carbons (Fsp3) is 0.467. The Morgan fingerprint density at radius 3 is 2.49 bits per heavy atom. The van der Waals surface area contributed by atoms with Gasteiger partial charge in [-0.1, -0.05) is 29.3 Å². The summed E-state index contributed by atoms with van der Waals surface area (Å²) in [5.74, 6) is 1.18. The van der Waals surface area contributed by atoms with Gasteiger partial charge in [0.05, 0.1) is 27.9 Å². The number of rotatable bonds is 10. The molecule has 3 heterocycles. The molecule has 5 rings (SSSR count). The third-order valence-electron chi connectivity index (χ3n) is 7.57. The van der Waals surface area contributed by atoms with Gasteiger partial charge in [-0.25, -0.2) is 9.78 Å². The van der Waals surface area contributed by atoms with Gasteiger partial charge >= 0.3 is 6.09 Å². The first kappa shape index (κ1) is 29.5. The third kappa shape index (κ3) is 8.07. The Hall–Kier alpha value is -2.98. The second kappa shape index (κ2) is 14.3. The Morgan fingerprint density at radius 1 is 0.902 bits per heavy atom. The predicted octanol–water partition coefficient (Wildman–Crippen LogP) is 5.24. The van der Waals surface area contributed by atoms with Crippen molar-refractivity contribution in [3.63, 3.8) is 0 Å². The second-order valence-corrected chi connectivity index (χ2v) is 11.2. The highest BCUT2D eigenvalue weighted by molar-refractivity contribution is 6.43. The molecule has 0 N–H and O–H groups in total. The number of nitrogens with zero attached hydrogens (tertiary/aromatic N) is 5. The first-order chi connectivity index (χ1) is 20.0. The first-order valence-electron chi connectivity index (χ1n) is 14.1. The van der Waals surface area contributed by atoms with Crippen molar-refractivity contribution in [2.45, 2.75) is 12.8 Å². The SMILES string of the molecule is CN1CCN(C(=O)OCOc2ccc3ccc(OCCCCN4CCN(c5cccc(Cl)c5Cl)CC4)cc3n2)CC1. The highest BCUT2D eigenvalue weighted by Gasteiger charge is 2.21. The maximum Gasteiger partial charge on any atom is 0.412 e. The van der Waals surface area contributed by atoms with Crippen molar-refractivity contribution in [3.05, 3.63) is 58.6 Å². The molecule has 11 heteroatoms. The minimum absolute atomic E-state index is 0.177. The van der Waals surface area contributed by atoms with Gasteiger partial charge in [0.1, 0.15) is 5.75 Å². The fourth-order valence-corrected chi connectivity index (χ4v) is 5.46. The number of carbonyl (C=O) groups is 1. The van der Waals surface area contributed by atoms with Crippen molar-refractivity contribution in [2.75, 3.05) is 84.3 Å². The summed E-state index contributed by atoms with van der Waals surface area (Å²) in [5.41, 5.74) is 1.78. The summed E-state index contributed by atoms with van der Waals surface area (Å²) in [4.78, 5) is 25.5. The molecule has 0 bridgehead atoms. The lowest BCUT2D eigenvalue weighted by Gasteiger charge is -2.36. The van der Waals surface area contributed by atoms with Gasteiger partial charge < -0.3 is 28.9 Å². The van der Waals surface area contributed by atoms with Gasteiger partial charge in [-0.3, -0.25) is 4.90 Å². The van der Waals surface area contributed by atoms with E-state index < -0.39 is 0 Å². The molecule has 3 aromatic rings. The summed E-state index contributed by atoms with van der Waals surface area (Å²) in [6, 6.07) is 15.4. The van der Waals surface area contributed by atoms with Crippen LogP contribution >= 0.6 is 23.2 Å². The smallest absolute Gasteiger partial charge is 0.412 e. The summed E-state index contributed by atoms with van der Waals surface area (Å²) in [5, 5.41) is 2.22. The lowest BCUT2D eigenvalue weighted by Crippen LogP contribution is -2.47. The lowest BCUT2D eigenvalue weighted by molar-refractivity contribution is 0.0248. The molecule has 0 atom stereocenters. The van der Waals surface area contributed by atoms with Crippen LogP contribution in [0.4, 0.5) is 10.5 Å². The van der Waals surface area contributed by atoms with E-state index in [1.165, 1.54) is 0 Å². The van der Waals surface area contributed by atoms with Gasteiger partial charge in [-0.2, -0.15) is 0 Å². The quantitative estimate of drug-likeness (QED) is 0.231. The molecule has 0 saturated carbocycles. The van der Waals surface area contributed by atoms with E-state index in [1.54, 1.807) is 11.0 Å². The lowest BCUT2D eigenvalue weighted by atomic mass is 10.2. The molecule has 1 aromatic heterocycles. The number of benzene rings is 2. The number of aromatic nitrogens is 1. The molecule has 2 saturated heterocycles. The number of pyridine rings is 1. The van der Waals surface area contributed by atoms with Gasteiger partial charge in [0.15, 0.2) is 0 Å². The van der Waals surface area contributed by atoms with Crippen LogP contribution in [0.15, 0.2) is 48.5 Å². The van der Waals surface area contributed by atoms with Crippen molar-refractivity contribution >= 4 is 45.9 Å². The van der Waals surface area contributed by atoms with Gasteiger partial charge in [0.2, 0.25) is 12.7 Å². The number of piperazine rings is 2. The van der Waals surface area contributed by atoms with Crippen LogP contribution in [0.3, 0.4) is 0 Å². The topological polar surface area (TPSA) is 70.6 Å². The Bertz CT molecular complexity index is 1310. The fourth-order valence-electron chi connectivity index (χ4n) is 5.05. The highest BCUT2D eigenvalue weighted by atomic mass is 35.5. The molecule has 2 aromatic carbocycles. The van der Waals surface area contributed by atoms with Crippen LogP contribution in [0.5, 0.6) is 11.6 Å². The number of halogens is 2. The number of hydrogen-bond donors (Lipinski definition) is 0. The van der Waals surface area contributed by atoms with Crippen LogP contribution in [-0.4, -0.2) is 105 Å². The molecule has 41 heavy (non-hydrogen) atoms. The average molecular weight is 603 g/mol. The Morgan fingerprint density at radius 2 is 1.68 bits per heavy atom. The van der Waals surface area contributed by atoms with Gasteiger partial charge in [0, 0.05) is 69.9 Å². The van der Waals surface area contributed by atoms with E-state index in [4.69, 9.17) is 37.4 Å². The molecule has 2 fully saturated rings. The van der Waals surface area contributed by atoms with Crippen molar-refractivity contribution < 1.29 is 19.0 Å². The number of fused-ring (bicyclic) bond motifs is 1. The minimum Gasteiger partial charge on any atom is -0.494 e. The minimum atomic E-state index is -0.362. The number of ether oxygens (including phenoxy) is 3. The van der Waals surface area contributed by atoms with Gasteiger partial charge in [-0.15, -0.1) is 0 Å². The Kier molecular flexibility index (Phi) is 10.3. The van der Waals surface area contributed by atoms with Crippen LogP contribution < -0.4 is 14.4 Å². The summed E-state index contributed by atoms with van der Waals surface area (Å²) in [6.07, 6.45) is 1.67. The van der Waals surface area contributed by atoms with Crippen molar-refractivity contribution in [1.82, 2.24) is 19.7 Å². The van der Waals surface area contributed by atoms with Crippen molar-refractivity contribution in [1.29, 1.82) is 0 Å². The maximum atomic E-state index is 12.2. The normalized spacial score (nSPS) is 16.7. The molecule has 220 valence electrons. The van der Waals surface area contributed by atoms with Crippen LogP contribution in [0, 0.1) is 0 Å². The second-order valence-electron chi connectivity index (χ2n) is 10.4. The maximum absolute atomic E-state index is 12.2. The van der Waals surface area contributed by atoms with Crippen LogP contribution in [0.2, 0.25) is 10.0 Å². The van der Waals surface area contributed by atoms with E-state index in [2.05, 4.69) is 19.7 Å². The van der Waals surface area contributed by atoms with E-state index in [0.29, 0.717) is 35.6 Å². The number of anilines is 1. The summed E-state index contributed by atoms with van der Waals surface area (Å²) >= 11 is 12.6. The number of carbonyl (C=O) groups excluding carboxylic acids is 1. The molecular weight excluding hydrogens is 565 g/mol. The van der Waals surface area contributed by atoms with E-state index in [1.807, 2.05) is 49.5 Å². The molecular formula is C30H37Cl2N5O4. The monoisotopic (exact) mass is 601 g/mol. The van der Waals surface area contributed by atoms with E-state index in [0.717, 1.165) is 81.0 Å². The predicted molar refractivity (Wildman–Crippen MR) is 163 cm³/mol. The molecule has 0 aliphatic carbocycles. The van der Waals surface area contributed by atoms with Crippen LogP contribution in [0.25, 0.3) is 10.9 Å². The van der Waals surface area contributed by atoms with E-state index in [9.17, 15) is 4.79 Å². The molecule has 9 nitrogen and oxygen atoms in total. The number of hydrogen-bond acceptors (Lipinski definition) is 8. The molecule has 0 spiro atoms. The zero-order chi connectivity index (χ0) is 28.6. The molecule has 2 aliphatic heterocycles. The molecule has 2 aliphatic rings. The highest BCUT2D eigenvalue weighted by Crippen LogP contribution is 2.33. The van der Waals surface area contributed by atoms with Crippen LogP contribution in [-0.2, 0) is 4.74 Å². The number of amides is 1. The largest absolute Gasteiger partial charge is 0.494 e. The third-order valence-corrected chi connectivity index (χ3v) is 8.38. The van der Waals surface area contributed by atoms with Crippen LogP contribution in [0.1, 0.15) is 12.8 Å². The molecule has 0 unspecified atom stereocenters. The summed E-state index contributed by atoms with van der Waals surface area (Å²) in [6.45, 7) is 8.37. The Labute approximate surface area is 251 Å². The standard InChI is InChI=1S/C30H37Cl2N5O4/c1-34-12-16-37(17-13-34)30(38)41-22-40-28-10-8-23-7-9-24(21-26(23)33-28)39-20-3-2-11-35-14-18-36(19-15-35)27-6-4-5-25(31)29(27)32/h4-10,21H,2-3,11-20,22H2,1H3. The molecule has 1 amide bonds. The summed E-state index contributed by atoms with van der Waals surface area (Å²) < 4.78 is 16.9. The van der Waals surface area contributed by atoms with Gasteiger partial charge in [-0.05, 0) is 56.8 Å². The Balaban J connectivity index is 1.01. The van der Waals surface area contributed by atoms with Crippen molar-refractivity contribution in [2.24, 2.45) is 0 Å². The van der Waals surface area contributed by atoms with E-state index in [-0.39, 0.29) is 12.9 Å². The molecule has 0 radical (unpaired) electrons. The van der Waals surface area contributed by atoms with E-state index >= 15 is 0 Å². The zero-order valence-electron chi connectivity index (χ0n) is 23.4. The van der Waals surface area contributed by atoms with Crippen molar-refractivity contribution in [3.8, 4) is 11.6 Å². The average Bonchev–Trinajstić information content (AvgIpc) is 2.99. The number of unbranched alkanes of at least 4 members (excludes halogenated alkanes) is 1. The number of likely N-dealkylation sites (N-methyl/N-ethyl adjacent to an activating group) is 1. The first-order valence-corrected chi connectivity index (χ1v) is 14.9. The van der Waals surface area contributed by atoms with Gasteiger partial charge in [0.25, 0.3) is 0 Å².